The molecular weight excluding hydrogens is 196 g/mol. The van der Waals surface area contributed by atoms with Gasteiger partial charge in [-0.2, -0.15) is 0 Å². The number of hydrogen-bond donors (Lipinski definition) is 1. The van der Waals surface area contributed by atoms with Crippen molar-refractivity contribution in [1.29, 1.82) is 0 Å². The highest BCUT2D eigenvalue weighted by Crippen LogP contribution is 2.24. The highest BCUT2D eigenvalue weighted by Gasteiger charge is 2.27. The third-order valence-electron chi connectivity index (χ3n) is 4.00. The van der Waals surface area contributed by atoms with Crippen molar-refractivity contribution in [3.8, 4) is 0 Å². The molecule has 1 aliphatic rings. The zero-order valence-corrected chi connectivity index (χ0v) is 11.6. The molecule has 0 saturated carbocycles. The summed E-state index contributed by atoms with van der Waals surface area (Å²) < 4.78 is 0. The van der Waals surface area contributed by atoms with Crippen LogP contribution < -0.4 is 5.32 Å². The Bertz CT molecular complexity index is 180. The second-order valence-electron chi connectivity index (χ2n) is 5.52. The third kappa shape index (κ3) is 3.74. The minimum atomic E-state index is 0.716. The Morgan fingerprint density at radius 1 is 1.25 bits per heavy atom. The predicted octanol–water partition coefficient (Wildman–Crippen LogP) is 2.89. The van der Waals surface area contributed by atoms with Crippen LogP contribution in [0.3, 0.4) is 0 Å². The lowest BCUT2D eigenvalue weighted by Gasteiger charge is -2.39. The fraction of sp³-hybridized carbons (Fsp3) is 1.00. The fourth-order valence-corrected chi connectivity index (χ4v) is 3.02. The number of likely N-dealkylation sites (tertiary alicyclic amines) is 1. The second kappa shape index (κ2) is 7.29. The van der Waals surface area contributed by atoms with E-state index in [9.17, 15) is 0 Å². The Hall–Kier alpha value is -0.0800. The lowest BCUT2D eigenvalue weighted by Crippen LogP contribution is -2.49. The van der Waals surface area contributed by atoms with E-state index in [-0.39, 0.29) is 0 Å². The van der Waals surface area contributed by atoms with Gasteiger partial charge >= 0.3 is 0 Å². The van der Waals surface area contributed by atoms with Crippen LogP contribution in [0.4, 0.5) is 0 Å². The molecule has 0 aromatic rings. The molecule has 2 nitrogen and oxygen atoms in total. The van der Waals surface area contributed by atoms with E-state index in [1.165, 1.54) is 38.6 Å². The lowest BCUT2D eigenvalue weighted by molar-refractivity contribution is 0.101. The summed E-state index contributed by atoms with van der Waals surface area (Å²) in [5.41, 5.74) is 0. The van der Waals surface area contributed by atoms with Gasteiger partial charge in [0.2, 0.25) is 0 Å². The van der Waals surface area contributed by atoms with Crippen molar-refractivity contribution in [3.63, 3.8) is 0 Å². The molecule has 1 heterocycles. The van der Waals surface area contributed by atoms with E-state index >= 15 is 0 Å². The summed E-state index contributed by atoms with van der Waals surface area (Å²) in [5, 5.41) is 3.37. The summed E-state index contributed by atoms with van der Waals surface area (Å²) in [6.45, 7) is 9.51. The van der Waals surface area contributed by atoms with Crippen molar-refractivity contribution in [2.24, 2.45) is 5.92 Å². The number of likely N-dealkylation sites (N-methyl/N-ethyl adjacent to an activating group) is 1. The van der Waals surface area contributed by atoms with Crippen molar-refractivity contribution in [1.82, 2.24) is 10.2 Å². The fourth-order valence-electron chi connectivity index (χ4n) is 3.02. The highest BCUT2D eigenvalue weighted by atomic mass is 15.2. The van der Waals surface area contributed by atoms with Gasteiger partial charge in [-0.3, -0.25) is 4.90 Å². The van der Waals surface area contributed by atoms with E-state index in [0.717, 1.165) is 18.5 Å². The van der Waals surface area contributed by atoms with Crippen LogP contribution >= 0.6 is 0 Å². The molecule has 16 heavy (non-hydrogen) atoms. The van der Waals surface area contributed by atoms with E-state index in [4.69, 9.17) is 0 Å². The molecule has 1 saturated heterocycles. The van der Waals surface area contributed by atoms with Gasteiger partial charge in [0, 0.05) is 18.6 Å². The molecule has 0 bridgehead atoms. The van der Waals surface area contributed by atoms with Gasteiger partial charge in [-0.1, -0.05) is 33.6 Å². The average molecular weight is 226 g/mol. The number of hydrogen-bond acceptors (Lipinski definition) is 2. The first-order valence-electron chi connectivity index (χ1n) is 7.11. The molecule has 0 radical (unpaired) electrons. The molecule has 1 N–H and O–H groups in total. The van der Waals surface area contributed by atoms with Gasteiger partial charge in [-0.15, -0.1) is 0 Å². The van der Waals surface area contributed by atoms with Crippen LogP contribution in [-0.2, 0) is 0 Å². The summed E-state index contributed by atoms with van der Waals surface area (Å²) in [4.78, 5) is 2.79. The normalized spacial score (nSPS) is 25.7. The third-order valence-corrected chi connectivity index (χ3v) is 4.00. The van der Waals surface area contributed by atoms with E-state index in [0.29, 0.717) is 6.04 Å². The summed E-state index contributed by atoms with van der Waals surface area (Å²) in [5.74, 6) is 0.750. The van der Waals surface area contributed by atoms with Crippen LogP contribution in [0.15, 0.2) is 0 Å². The molecule has 2 atom stereocenters. The topological polar surface area (TPSA) is 15.3 Å². The molecule has 0 aliphatic carbocycles. The van der Waals surface area contributed by atoms with Gasteiger partial charge < -0.3 is 5.32 Å². The first kappa shape index (κ1) is 14.0. The maximum atomic E-state index is 3.37. The summed E-state index contributed by atoms with van der Waals surface area (Å²) in [6, 6.07) is 1.54. The van der Waals surface area contributed by atoms with Gasteiger partial charge in [0.05, 0.1) is 0 Å². The monoisotopic (exact) mass is 226 g/mol. The van der Waals surface area contributed by atoms with Crippen LogP contribution in [-0.4, -0.2) is 37.1 Å². The van der Waals surface area contributed by atoms with E-state index in [1.54, 1.807) is 0 Å². The van der Waals surface area contributed by atoms with Crippen LogP contribution in [0.25, 0.3) is 0 Å². The van der Waals surface area contributed by atoms with Crippen molar-refractivity contribution in [3.05, 3.63) is 0 Å². The zero-order valence-electron chi connectivity index (χ0n) is 11.6. The average Bonchev–Trinajstić information content (AvgIpc) is 2.50. The van der Waals surface area contributed by atoms with E-state index in [2.05, 4.69) is 38.0 Å². The highest BCUT2D eigenvalue weighted by molar-refractivity contribution is 4.83. The van der Waals surface area contributed by atoms with Gasteiger partial charge in [-0.05, 0) is 38.8 Å². The smallest absolute Gasteiger partial charge is 0.0246 e. The number of nitrogens with one attached hydrogen (secondary N) is 1. The molecule has 2 heteroatoms. The Balaban J connectivity index is 2.68. The Labute approximate surface area is 102 Å². The first-order chi connectivity index (χ1) is 7.70. The minimum Gasteiger partial charge on any atom is -0.318 e. The molecule has 0 aromatic carbocycles. The van der Waals surface area contributed by atoms with Crippen LogP contribution in [0, 0.1) is 5.92 Å². The Kier molecular flexibility index (Phi) is 6.37. The maximum absolute atomic E-state index is 3.37. The van der Waals surface area contributed by atoms with Crippen LogP contribution in [0.2, 0.25) is 0 Å². The Morgan fingerprint density at radius 2 is 2.00 bits per heavy atom. The summed E-state index contributed by atoms with van der Waals surface area (Å²) >= 11 is 0. The van der Waals surface area contributed by atoms with E-state index in [1.807, 2.05) is 0 Å². The van der Waals surface area contributed by atoms with Crippen LogP contribution in [0.1, 0.15) is 52.9 Å². The SMILES string of the molecule is CCC1CCCCCN1C(CNC)C(C)C. The van der Waals surface area contributed by atoms with Crippen molar-refractivity contribution in [2.75, 3.05) is 20.1 Å². The molecule has 1 fully saturated rings. The predicted molar refractivity (Wildman–Crippen MR) is 71.8 cm³/mol. The first-order valence-corrected chi connectivity index (χ1v) is 7.11. The maximum Gasteiger partial charge on any atom is 0.0246 e. The molecule has 0 aromatic heterocycles. The quantitative estimate of drug-likeness (QED) is 0.775. The molecule has 96 valence electrons. The molecule has 2 unspecified atom stereocenters. The largest absolute Gasteiger partial charge is 0.318 e. The molecule has 0 spiro atoms. The van der Waals surface area contributed by atoms with Crippen molar-refractivity contribution in [2.45, 2.75) is 65.0 Å². The minimum absolute atomic E-state index is 0.716. The summed E-state index contributed by atoms with van der Waals surface area (Å²) in [6.07, 6.45) is 6.97. The Morgan fingerprint density at radius 3 is 2.56 bits per heavy atom. The van der Waals surface area contributed by atoms with E-state index < -0.39 is 0 Å². The molecule has 0 amide bonds. The zero-order chi connectivity index (χ0) is 12.0. The van der Waals surface area contributed by atoms with Gasteiger partial charge in [0.25, 0.3) is 0 Å². The van der Waals surface area contributed by atoms with Gasteiger partial charge in [-0.25, -0.2) is 0 Å². The lowest BCUT2D eigenvalue weighted by atomic mass is 9.98. The summed E-state index contributed by atoms with van der Waals surface area (Å²) in [7, 11) is 2.08. The van der Waals surface area contributed by atoms with Gasteiger partial charge in [0.1, 0.15) is 0 Å². The molecule has 1 aliphatic heterocycles. The second-order valence-corrected chi connectivity index (χ2v) is 5.52. The standard InChI is InChI=1S/C14H30N2/c1-5-13-9-7-6-8-10-16(13)14(11-15-4)12(2)3/h12-15H,5-11H2,1-4H3. The number of rotatable bonds is 5. The number of nitrogens with zero attached hydrogens (tertiary/aromatic N) is 1. The van der Waals surface area contributed by atoms with Crippen LogP contribution in [0.5, 0.6) is 0 Å². The van der Waals surface area contributed by atoms with Crippen molar-refractivity contribution < 1.29 is 0 Å². The van der Waals surface area contributed by atoms with Gasteiger partial charge in [0.15, 0.2) is 0 Å². The van der Waals surface area contributed by atoms with Crippen molar-refractivity contribution >= 4 is 0 Å². The molecule has 1 rings (SSSR count). The molecular formula is C14H30N2.